The van der Waals surface area contributed by atoms with Gasteiger partial charge in [0.25, 0.3) is 0 Å². The smallest absolute Gasteiger partial charge is 0.0546 e. The SMILES string of the molecule is CCCCC(O)CC(CCc1ccccc1)c1ccccc1. The lowest BCUT2D eigenvalue weighted by Gasteiger charge is -2.21. The summed E-state index contributed by atoms with van der Waals surface area (Å²) in [7, 11) is 0. The first kappa shape index (κ1) is 16.8. The molecule has 0 fully saturated rings. The number of benzene rings is 2. The van der Waals surface area contributed by atoms with Crippen LogP contribution < -0.4 is 0 Å². The lowest BCUT2D eigenvalue weighted by Crippen LogP contribution is -2.13. The highest BCUT2D eigenvalue weighted by Gasteiger charge is 2.16. The van der Waals surface area contributed by atoms with Crippen molar-refractivity contribution in [1.29, 1.82) is 0 Å². The van der Waals surface area contributed by atoms with Crippen LogP contribution in [0.3, 0.4) is 0 Å². The highest BCUT2D eigenvalue weighted by Crippen LogP contribution is 2.28. The van der Waals surface area contributed by atoms with Crippen LogP contribution in [0.5, 0.6) is 0 Å². The maximum Gasteiger partial charge on any atom is 0.0546 e. The molecule has 0 aliphatic rings. The Morgan fingerprint density at radius 2 is 1.50 bits per heavy atom. The molecular formula is C21H28O. The minimum atomic E-state index is -0.180. The van der Waals surface area contributed by atoms with Gasteiger partial charge in [-0.05, 0) is 42.7 Å². The molecule has 1 N–H and O–H groups in total. The van der Waals surface area contributed by atoms with E-state index in [9.17, 15) is 5.11 Å². The molecule has 1 nitrogen and oxygen atoms in total. The summed E-state index contributed by atoms with van der Waals surface area (Å²) in [6.07, 6.45) is 6.04. The van der Waals surface area contributed by atoms with Gasteiger partial charge in [-0.15, -0.1) is 0 Å². The largest absolute Gasteiger partial charge is 0.393 e. The van der Waals surface area contributed by atoms with Crippen LogP contribution in [-0.4, -0.2) is 11.2 Å². The fourth-order valence-corrected chi connectivity index (χ4v) is 3.02. The van der Waals surface area contributed by atoms with E-state index in [1.54, 1.807) is 0 Å². The maximum absolute atomic E-state index is 10.3. The summed E-state index contributed by atoms with van der Waals surface area (Å²) in [5.74, 6) is 0.438. The van der Waals surface area contributed by atoms with Crippen molar-refractivity contribution >= 4 is 0 Å². The molecule has 22 heavy (non-hydrogen) atoms. The van der Waals surface area contributed by atoms with Crippen LogP contribution in [0.25, 0.3) is 0 Å². The average Bonchev–Trinajstić information content (AvgIpc) is 2.58. The third-order valence-electron chi connectivity index (χ3n) is 4.34. The van der Waals surface area contributed by atoms with Gasteiger partial charge in [0.05, 0.1) is 6.10 Å². The Bertz CT molecular complexity index is 506. The van der Waals surface area contributed by atoms with Gasteiger partial charge in [0, 0.05) is 0 Å². The first-order valence-corrected chi connectivity index (χ1v) is 8.56. The van der Waals surface area contributed by atoms with Gasteiger partial charge < -0.3 is 5.11 Å². The third kappa shape index (κ3) is 5.65. The topological polar surface area (TPSA) is 20.2 Å². The number of aliphatic hydroxyl groups is 1. The van der Waals surface area contributed by atoms with Gasteiger partial charge >= 0.3 is 0 Å². The third-order valence-corrected chi connectivity index (χ3v) is 4.34. The van der Waals surface area contributed by atoms with Gasteiger partial charge in [0.2, 0.25) is 0 Å². The molecule has 2 aromatic rings. The van der Waals surface area contributed by atoms with E-state index in [1.165, 1.54) is 11.1 Å². The van der Waals surface area contributed by atoms with Gasteiger partial charge in [-0.25, -0.2) is 0 Å². The second-order valence-corrected chi connectivity index (χ2v) is 6.16. The summed E-state index contributed by atoms with van der Waals surface area (Å²) in [4.78, 5) is 0. The number of hydrogen-bond donors (Lipinski definition) is 1. The summed E-state index contributed by atoms with van der Waals surface area (Å²) in [5.41, 5.74) is 2.74. The Kier molecular flexibility index (Phi) is 7.18. The van der Waals surface area contributed by atoms with Gasteiger partial charge in [0.15, 0.2) is 0 Å². The molecule has 0 aliphatic heterocycles. The number of aryl methyl sites for hydroxylation is 1. The van der Waals surface area contributed by atoms with Crippen molar-refractivity contribution in [3.8, 4) is 0 Å². The van der Waals surface area contributed by atoms with E-state index in [0.717, 1.165) is 38.5 Å². The summed E-state index contributed by atoms with van der Waals surface area (Å²) in [6, 6.07) is 21.3. The Balaban J connectivity index is 1.98. The number of hydrogen-bond acceptors (Lipinski definition) is 1. The van der Waals surface area contributed by atoms with E-state index in [1.807, 2.05) is 0 Å². The zero-order chi connectivity index (χ0) is 15.6. The highest BCUT2D eigenvalue weighted by atomic mass is 16.3. The van der Waals surface area contributed by atoms with Crippen LogP contribution in [0.4, 0.5) is 0 Å². The molecule has 1 heteroatoms. The zero-order valence-corrected chi connectivity index (χ0v) is 13.6. The quantitative estimate of drug-likeness (QED) is 0.662. The van der Waals surface area contributed by atoms with Crippen LogP contribution >= 0.6 is 0 Å². The summed E-state index contributed by atoms with van der Waals surface area (Å²) >= 11 is 0. The monoisotopic (exact) mass is 296 g/mol. The van der Waals surface area contributed by atoms with E-state index in [0.29, 0.717) is 5.92 Å². The van der Waals surface area contributed by atoms with Crippen molar-refractivity contribution in [2.45, 2.75) is 57.5 Å². The van der Waals surface area contributed by atoms with E-state index < -0.39 is 0 Å². The lowest BCUT2D eigenvalue weighted by molar-refractivity contribution is 0.141. The molecule has 0 radical (unpaired) electrons. The van der Waals surface area contributed by atoms with E-state index in [4.69, 9.17) is 0 Å². The molecule has 118 valence electrons. The Labute approximate surface area is 135 Å². The minimum absolute atomic E-state index is 0.180. The van der Waals surface area contributed by atoms with Crippen LogP contribution in [0, 0.1) is 0 Å². The van der Waals surface area contributed by atoms with Crippen molar-refractivity contribution in [1.82, 2.24) is 0 Å². The van der Waals surface area contributed by atoms with E-state index in [2.05, 4.69) is 67.6 Å². The first-order chi connectivity index (χ1) is 10.8. The van der Waals surface area contributed by atoms with Crippen LogP contribution in [-0.2, 0) is 6.42 Å². The molecule has 0 bridgehead atoms. The van der Waals surface area contributed by atoms with E-state index in [-0.39, 0.29) is 6.10 Å². The summed E-state index contributed by atoms with van der Waals surface area (Å²) in [5, 5.41) is 10.3. The summed E-state index contributed by atoms with van der Waals surface area (Å²) in [6.45, 7) is 2.18. The van der Waals surface area contributed by atoms with Crippen molar-refractivity contribution in [3.63, 3.8) is 0 Å². The average molecular weight is 296 g/mol. The maximum atomic E-state index is 10.3. The van der Waals surface area contributed by atoms with Crippen molar-refractivity contribution < 1.29 is 5.11 Å². The Morgan fingerprint density at radius 3 is 2.14 bits per heavy atom. The van der Waals surface area contributed by atoms with Crippen molar-refractivity contribution in [3.05, 3.63) is 71.8 Å². The fraction of sp³-hybridized carbons (Fsp3) is 0.429. The van der Waals surface area contributed by atoms with Crippen molar-refractivity contribution in [2.75, 3.05) is 0 Å². The molecule has 0 aromatic heterocycles. The fourth-order valence-electron chi connectivity index (χ4n) is 3.02. The molecule has 2 aromatic carbocycles. The second-order valence-electron chi connectivity index (χ2n) is 6.16. The molecule has 2 rings (SSSR count). The molecule has 0 spiro atoms. The number of unbranched alkanes of at least 4 members (excludes halogenated alkanes) is 1. The Morgan fingerprint density at radius 1 is 0.864 bits per heavy atom. The molecule has 0 heterocycles. The molecule has 2 atom stereocenters. The van der Waals surface area contributed by atoms with Gasteiger partial charge in [-0.1, -0.05) is 80.4 Å². The predicted octanol–water partition coefficient (Wildman–Crippen LogP) is 5.34. The second kappa shape index (κ2) is 9.42. The molecule has 0 saturated heterocycles. The van der Waals surface area contributed by atoms with Gasteiger partial charge in [-0.2, -0.15) is 0 Å². The van der Waals surface area contributed by atoms with Crippen LogP contribution in [0.15, 0.2) is 60.7 Å². The minimum Gasteiger partial charge on any atom is -0.393 e. The molecule has 0 amide bonds. The molecule has 0 saturated carbocycles. The van der Waals surface area contributed by atoms with Crippen LogP contribution in [0.2, 0.25) is 0 Å². The van der Waals surface area contributed by atoms with Crippen molar-refractivity contribution in [2.24, 2.45) is 0 Å². The normalized spacial score (nSPS) is 13.7. The molecular weight excluding hydrogens is 268 g/mol. The Hall–Kier alpha value is -1.60. The summed E-state index contributed by atoms with van der Waals surface area (Å²) < 4.78 is 0. The number of aliphatic hydroxyl groups excluding tert-OH is 1. The highest BCUT2D eigenvalue weighted by molar-refractivity contribution is 5.21. The zero-order valence-electron chi connectivity index (χ0n) is 13.6. The van der Waals surface area contributed by atoms with Gasteiger partial charge in [0.1, 0.15) is 0 Å². The van der Waals surface area contributed by atoms with E-state index >= 15 is 0 Å². The molecule has 0 aliphatic carbocycles. The first-order valence-electron chi connectivity index (χ1n) is 8.56. The number of rotatable bonds is 9. The van der Waals surface area contributed by atoms with Gasteiger partial charge in [-0.3, -0.25) is 0 Å². The molecule has 2 unspecified atom stereocenters. The van der Waals surface area contributed by atoms with Crippen LogP contribution in [0.1, 0.15) is 56.1 Å². The standard InChI is InChI=1S/C21H28O/c1-2-3-14-21(22)17-20(19-12-8-5-9-13-19)16-15-18-10-6-4-7-11-18/h4-13,20-22H,2-3,14-17H2,1H3. The predicted molar refractivity (Wildman–Crippen MR) is 94.1 cm³/mol. The lowest BCUT2D eigenvalue weighted by atomic mass is 9.87.